The molecule has 0 saturated carbocycles. The molecule has 4 nitrogen and oxygen atoms in total. The molecule has 1 N–H and O–H groups in total. The van der Waals surface area contributed by atoms with Crippen molar-refractivity contribution in [2.75, 3.05) is 16.8 Å². The van der Waals surface area contributed by atoms with Crippen molar-refractivity contribution in [1.82, 2.24) is 0 Å². The van der Waals surface area contributed by atoms with Gasteiger partial charge < -0.3 is 10.2 Å². The van der Waals surface area contributed by atoms with Gasteiger partial charge in [-0.3, -0.25) is 9.59 Å². The number of nitrogens with one attached hydrogen (secondary N) is 1. The second-order valence-electron chi connectivity index (χ2n) is 5.47. The molecule has 1 saturated heterocycles. The van der Waals surface area contributed by atoms with Gasteiger partial charge in [-0.25, -0.2) is 0 Å². The number of benzene rings is 2. The van der Waals surface area contributed by atoms with Crippen molar-refractivity contribution in [3.05, 3.63) is 57.0 Å². The van der Waals surface area contributed by atoms with Crippen LogP contribution in [0.4, 0.5) is 11.4 Å². The van der Waals surface area contributed by atoms with Crippen LogP contribution in [0.5, 0.6) is 0 Å². The van der Waals surface area contributed by atoms with Crippen molar-refractivity contribution in [3.63, 3.8) is 0 Å². The van der Waals surface area contributed by atoms with E-state index < -0.39 is 5.92 Å². The van der Waals surface area contributed by atoms with E-state index in [-0.39, 0.29) is 18.2 Å². The minimum Gasteiger partial charge on any atom is -0.325 e. The molecular formula is C17H13BrCl2N2O2. The highest BCUT2D eigenvalue weighted by Crippen LogP contribution is 2.31. The summed E-state index contributed by atoms with van der Waals surface area (Å²) in [6.45, 7) is 0.313. The van der Waals surface area contributed by atoms with Gasteiger partial charge in [0.25, 0.3) is 0 Å². The Kier molecular flexibility index (Phi) is 5.13. The van der Waals surface area contributed by atoms with Gasteiger partial charge in [-0.05, 0) is 46.3 Å². The molecule has 0 radical (unpaired) electrons. The fourth-order valence-electron chi connectivity index (χ4n) is 2.58. The summed E-state index contributed by atoms with van der Waals surface area (Å²) in [7, 11) is 0. The maximum atomic E-state index is 12.5. The average molecular weight is 428 g/mol. The Hall–Kier alpha value is -1.56. The van der Waals surface area contributed by atoms with Crippen LogP contribution < -0.4 is 10.2 Å². The first-order chi connectivity index (χ1) is 11.5. The molecule has 1 fully saturated rings. The molecule has 0 unspecified atom stereocenters. The van der Waals surface area contributed by atoms with Gasteiger partial charge in [0.05, 0.1) is 21.7 Å². The minimum absolute atomic E-state index is 0.110. The van der Waals surface area contributed by atoms with E-state index in [1.807, 2.05) is 18.2 Å². The van der Waals surface area contributed by atoms with Crippen LogP contribution in [-0.4, -0.2) is 18.4 Å². The SMILES string of the molecule is O=C(Nc1ccccc1Br)[C@H]1CC(=O)N(c2ccc(Cl)c(Cl)c2)C1. The normalized spacial score (nSPS) is 17.2. The van der Waals surface area contributed by atoms with Crippen molar-refractivity contribution >= 4 is 62.3 Å². The van der Waals surface area contributed by atoms with Gasteiger partial charge in [0.2, 0.25) is 11.8 Å². The monoisotopic (exact) mass is 426 g/mol. The zero-order valence-electron chi connectivity index (χ0n) is 12.4. The Morgan fingerprint density at radius 1 is 1.17 bits per heavy atom. The van der Waals surface area contributed by atoms with Gasteiger partial charge in [0.15, 0.2) is 0 Å². The van der Waals surface area contributed by atoms with Gasteiger partial charge in [-0.1, -0.05) is 35.3 Å². The molecule has 1 aliphatic heterocycles. The Labute approximate surface area is 157 Å². The van der Waals surface area contributed by atoms with Crippen LogP contribution in [0.2, 0.25) is 10.0 Å². The molecule has 0 spiro atoms. The molecule has 1 aliphatic rings. The topological polar surface area (TPSA) is 49.4 Å². The Bertz CT molecular complexity index is 813. The van der Waals surface area contributed by atoms with Crippen molar-refractivity contribution in [1.29, 1.82) is 0 Å². The maximum absolute atomic E-state index is 12.5. The summed E-state index contributed by atoms with van der Waals surface area (Å²) in [5, 5.41) is 3.66. The summed E-state index contributed by atoms with van der Waals surface area (Å²) in [5.74, 6) is -0.711. The van der Waals surface area contributed by atoms with E-state index in [0.717, 1.165) is 4.47 Å². The molecule has 3 rings (SSSR count). The van der Waals surface area contributed by atoms with Gasteiger partial charge >= 0.3 is 0 Å². The molecule has 0 aliphatic carbocycles. The van der Waals surface area contributed by atoms with Crippen molar-refractivity contribution in [2.24, 2.45) is 5.92 Å². The van der Waals surface area contributed by atoms with E-state index in [1.54, 1.807) is 29.2 Å². The third-order valence-electron chi connectivity index (χ3n) is 3.84. The Balaban J connectivity index is 1.73. The number of amides is 2. The number of hydrogen-bond donors (Lipinski definition) is 1. The summed E-state index contributed by atoms with van der Waals surface area (Å²) in [6, 6.07) is 12.3. The number of carbonyl (C=O) groups excluding carboxylic acids is 2. The second-order valence-corrected chi connectivity index (χ2v) is 7.14. The molecule has 1 heterocycles. The van der Waals surface area contributed by atoms with Gasteiger partial charge in [-0.15, -0.1) is 0 Å². The number of anilines is 2. The predicted octanol–water partition coefficient (Wildman–Crippen LogP) is 4.75. The third-order valence-corrected chi connectivity index (χ3v) is 5.27. The van der Waals surface area contributed by atoms with Crippen LogP contribution in [0.25, 0.3) is 0 Å². The largest absolute Gasteiger partial charge is 0.325 e. The smallest absolute Gasteiger partial charge is 0.229 e. The standard InChI is InChI=1S/C17H13BrCl2N2O2/c18-12-3-1-2-4-15(12)21-17(24)10-7-16(23)22(9-10)11-5-6-13(19)14(20)8-11/h1-6,8,10H,7,9H2,(H,21,24)/t10-/m0/s1. The van der Waals surface area contributed by atoms with Crippen LogP contribution in [0.15, 0.2) is 46.9 Å². The predicted molar refractivity (Wildman–Crippen MR) is 99.7 cm³/mol. The van der Waals surface area contributed by atoms with Crippen molar-refractivity contribution in [2.45, 2.75) is 6.42 Å². The van der Waals surface area contributed by atoms with Crippen molar-refractivity contribution < 1.29 is 9.59 Å². The molecule has 2 aromatic carbocycles. The van der Waals surface area contributed by atoms with Crippen LogP contribution in [0, 0.1) is 5.92 Å². The second kappa shape index (κ2) is 7.13. The molecule has 7 heteroatoms. The minimum atomic E-state index is -0.418. The lowest BCUT2D eigenvalue weighted by atomic mass is 10.1. The highest BCUT2D eigenvalue weighted by atomic mass is 79.9. The van der Waals surface area contributed by atoms with Gasteiger partial charge in [0, 0.05) is 23.1 Å². The highest BCUT2D eigenvalue weighted by Gasteiger charge is 2.35. The van der Waals surface area contributed by atoms with E-state index in [0.29, 0.717) is 28.0 Å². The van der Waals surface area contributed by atoms with E-state index in [1.165, 1.54) is 0 Å². The number of rotatable bonds is 3. The number of hydrogen-bond acceptors (Lipinski definition) is 2. The number of para-hydroxylation sites is 1. The zero-order chi connectivity index (χ0) is 17.3. The quantitative estimate of drug-likeness (QED) is 0.768. The summed E-state index contributed by atoms with van der Waals surface area (Å²) in [4.78, 5) is 26.3. The fraction of sp³-hybridized carbons (Fsp3) is 0.176. The van der Waals surface area contributed by atoms with E-state index in [9.17, 15) is 9.59 Å². The summed E-state index contributed by atoms with van der Waals surface area (Å²) < 4.78 is 0.795. The molecule has 0 bridgehead atoms. The number of halogens is 3. The number of carbonyl (C=O) groups is 2. The molecule has 24 heavy (non-hydrogen) atoms. The van der Waals surface area contributed by atoms with Gasteiger partial charge in [-0.2, -0.15) is 0 Å². The summed E-state index contributed by atoms with van der Waals surface area (Å²) in [5.41, 5.74) is 1.33. The van der Waals surface area contributed by atoms with Crippen LogP contribution in [-0.2, 0) is 9.59 Å². The summed E-state index contributed by atoms with van der Waals surface area (Å²) in [6.07, 6.45) is 0.163. The average Bonchev–Trinajstić information content (AvgIpc) is 2.94. The van der Waals surface area contributed by atoms with Crippen LogP contribution in [0.1, 0.15) is 6.42 Å². The van der Waals surface area contributed by atoms with Crippen LogP contribution >= 0.6 is 39.1 Å². The molecule has 2 aromatic rings. The Morgan fingerprint density at radius 3 is 2.62 bits per heavy atom. The maximum Gasteiger partial charge on any atom is 0.229 e. The zero-order valence-corrected chi connectivity index (χ0v) is 15.5. The van der Waals surface area contributed by atoms with E-state index in [2.05, 4.69) is 21.2 Å². The third kappa shape index (κ3) is 3.58. The van der Waals surface area contributed by atoms with Crippen LogP contribution in [0.3, 0.4) is 0 Å². The lowest BCUT2D eigenvalue weighted by molar-refractivity contribution is -0.122. The first-order valence-electron chi connectivity index (χ1n) is 7.26. The lowest BCUT2D eigenvalue weighted by Crippen LogP contribution is -2.28. The molecule has 2 amide bonds. The first kappa shape index (κ1) is 17.3. The Morgan fingerprint density at radius 2 is 1.92 bits per heavy atom. The number of nitrogens with zero attached hydrogens (tertiary/aromatic N) is 1. The molecule has 124 valence electrons. The van der Waals surface area contributed by atoms with Gasteiger partial charge in [0.1, 0.15) is 0 Å². The van der Waals surface area contributed by atoms with E-state index >= 15 is 0 Å². The first-order valence-corrected chi connectivity index (χ1v) is 8.81. The molecule has 1 atom stereocenters. The summed E-state index contributed by atoms with van der Waals surface area (Å²) >= 11 is 15.3. The highest BCUT2D eigenvalue weighted by molar-refractivity contribution is 9.10. The molecule has 0 aromatic heterocycles. The lowest BCUT2D eigenvalue weighted by Gasteiger charge is -2.17. The van der Waals surface area contributed by atoms with Crippen molar-refractivity contribution in [3.8, 4) is 0 Å². The van der Waals surface area contributed by atoms with E-state index in [4.69, 9.17) is 23.2 Å². The molecular weight excluding hydrogens is 415 g/mol. The fourth-order valence-corrected chi connectivity index (χ4v) is 3.26.